The highest BCUT2D eigenvalue weighted by Crippen LogP contribution is 2.45. The first-order chi connectivity index (χ1) is 17.4. The molecule has 0 fully saturated rings. The second kappa shape index (κ2) is 6.94. The average molecular weight is 445 g/mol. The molecule has 0 saturated heterocycles. The van der Waals surface area contributed by atoms with Crippen molar-refractivity contribution in [2.24, 2.45) is 0 Å². The first kappa shape index (κ1) is 18.8. The van der Waals surface area contributed by atoms with Crippen molar-refractivity contribution in [2.45, 2.75) is 0 Å². The molecule has 8 aromatic rings. The average Bonchev–Trinajstić information content (AvgIpc) is 3.31. The van der Waals surface area contributed by atoms with Crippen molar-refractivity contribution in [1.82, 2.24) is 0 Å². The number of hydrogen-bond acceptors (Lipinski definition) is 1. The van der Waals surface area contributed by atoms with Gasteiger partial charge in [-0.2, -0.15) is 0 Å². The lowest BCUT2D eigenvalue weighted by Crippen LogP contribution is -1.88. The van der Waals surface area contributed by atoms with E-state index >= 15 is 0 Å². The zero-order valence-electron chi connectivity index (χ0n) is 19.0. The molecule has 0 aliphatic rings. The van der Waals surface area contributed by atoms with Gasteiger partial charge in [-0.05, 0) is 66.7 Å². The van der Waals surface area contributed by atoms with Gasteiger partial charge in [0.15, 0.2) is 0 Å². The Morgan fingerprint density at radius 2 is 0.943 bits per heavy atom. The lowest BCUT2D eigenvalue weighted by molar-refractivity contribution is 0.669. The van der Waals surface area contributed by atoms with Gasteiger partial charge in [-0.15, -0.1) is 0 Å². The first-order valence-corrected chi connectivity index (χ1v) is 12.0. The molecule has 0 amide bonds. The van der Waals surface area contributed by atoms with E-state index in [1.54, 1.807) is 0 Å². The van der Waals surface area contributed by atoms with Crippen molar-refractivity contribution < 1.29 is 4.42 Å². The molecule has 7 aromatic carbocycles. The van der Waals surface area contributed by atoms with Crippen LogP contribution in [0.1, 0.15) is 0 Å². The molecule has 1 nitrogen and oxygen atoms in total. The van der Waals surface area contributed by atoms with E-state index < -0.39 is 0 Å². The minimum absolute atomic E-state index is 0.923. The van der Waals surface area contributed by atoms with Crippen LogP contribution in [-0.4, -0.2) is 0 Å². The summed E-state index contributed by atoms with van der Waals surface area (Å²) in [5.74, 6) is 0. The molecule has 0 aliphatic carbocycles. The smallest absolute Gasteiger partial charge is 0.136 e. The minimum atomic E-state index is 0.923. The molecule has 0 radical (unpaired) electrons. The van der Waals surface area contributed by atoms with Crippen LogP contribution >= 0.6 is 0 Å². The SMILES string of the molecule is c1ccc(-c2cccc3oc4cccc(-c5ccc6ccc7cccc8ccc5c6c78)c4c23)cc1. The predicted molar refractivity (Wildman–Crippen MR) is 148 cm³/mol. The summed E-state index contributed by atoms with van der Waals surface area (Å²) < 4.78 is 6.40. The summed E-state index contributed by atoms with van der Waals surface area (Å²) in [5.41, 5.74) is 6.70. The van der Waals surface area contributed by atoms with E-state index in [1.807, 2.05) is 0 Å². The molecular weight excluding hydrogens is 424 g/mol. The highest BCUT2D eigenvalue weighted by Gasteiger charge is 2.18. The van der Waals surface area contributed by atoms with E-state index in [0.29, 0.717) is 0 Å². The summed E-state index contributed by atoms with van der Waals surface area (Å²) in [7, 11) is 0. The zero-order chi connectivity index (χ0) is 22.9. The lowest BCUT2D eigenvalue weighted by Gasteiger charge is -2.15. The molecule has 0 saturated carbocycles. The van der Waals surface area contributed by atoms with Crippen LogP contribution < -0.4 is 0 Å². The Morgan fingerprint density at radius 1 is 0.343 bits per heavy atom. The van der Waals surface area contributed by atoms with Crippen LogP contribution in [-0.2, 0) is 0 Å². The van der Waals surface area contributed by atoms with Crippen molar-refractivity contribution >= 4 is 54.3 Å². The molecule has 1 heterocycles. The van der Waals surface area contributed by atoms with Crippen LogP contribution in [0.25, 0.3) is 76.5 Å². The Hall–Kier alpha value is -4.62. The Balaban J connectivity index is 1.53. The van der Waals surface area contributed by atoms with Crippen molar-refractivity contribution in [3.8, 4) is 22.3 Å². The second-order valence-corrected chi connectivity index (χ2v) is 9.29. The van der Waals surface area contributed by atoms with Crippen LogP contribution in [0.2, 0.25) is 0 Å². The molecule has 0 atom stereocenters. The maximum Gasteiger partial charge on any atom is 0.136 e. The number of hydrogen-bond donors (Lipinski definition) is 0. The van der Waals surface area contributed by atoms with Gasteiger partial charge >= 0.3 is 0 Å². The molecule has 1 aromatic heterocycles. The third-order valence-corrected chi connectivity index (χ3v) is 7.43. The number of rotatable bonds is 2. The summed E-state index contributed by atoms with van der Waals surface area (Å²) in [6.07, 6.45) is 0. The lowest BCUT2D eigenvalue weighted by atomic mass is 9.88. The quantitative estimate of drug-likeness (QED) is 0.242. The zero-order valence-corrected chi connectivity index (χ0v) is 19.0. The molecule has 1 heteroatoms. The fraction of sp³-hybridized carbons (Fsp3) is 0. The molecule has 8 rings (SSSR count). The van der Waals surface area contributed by atoms with Gasteiger partial charge in [-0.25, -0.2) is 0 Å². The number of fused-ring (bicyclic) bond motifs is 3. The van der Waals surface area contributed by atoms with Crippen molar-refractivity contribution in [1.29, 1.82) is 0 Å². The standard InChI is InChI=1S/C34H20O/c1-2-7-21(8-3-1)25-11-5-13-29-33(25)34-27(12-6-14-30(34)35-29)26-19-17-24-16-15-22-9-4-10-23-18-20-28(26)32(24)31(22)23/h1-20H. The van der Waals surface area contributed by atoms with Gasteiger partial charge in [0.25, 0.3) is 0 Å². The fourth-order valence-corrected chi connectivity index (χ4v) is 5.92. The number of furan rings is 1. The Bertz CT molecular complexity index is 2030. The topological polar surface area (TPSA) is 13.1 Å². The van der Waals surface area contributed by atoms with E-state index in [1.165, 1.54) is 65.3 Å². The summed E-state index contributed by atoms with van der Waals surface area (Å²) >= 11 is 0. The van der Waals surface area contributed by atoms with Crippen molar-refractivity contribution in [3.05, 3.63) is 121 Å². The van der Waals surface area contributed by atoms with Crippen LogP contribution in [0.4, 0.5) is 0 Å². The molecular formula is C34H20O. The van der Waals surface area contributed by atoms with E-state index in [-0.39, 0.29) is 0 Å². The van der Waals surface area contributed by atoms with Crippen LogP contribution in [0, 0.1) is 0 Å². The summed E-state index contributed by atoms with van der Waals surface area (Å²) in [6, 6.07) is 43.6. The van der Waals surface area contributed by atoms with Gasteiger partial charge in [0, 0.05) is 10.8 Å². The normalized spacial score (nSPS) is 12.0. The maximum absolute atomic E-state index is 6.40. The summed E-state index contributed by atoms with van der Waals surface area (Å²) in [4.78, 5) is 0. The van der Waals surface area contributed by atoms with Crippen molar-refractivity contribution in [2.75, 3.05) is 0 Å². The van der Waals surface area contributed by atoms with Gasteiger partial charge in [0.05, 0.1) is 0 Å². The first-order valence-electron chi connectivity index (χ1n) is 12.0. The van der Waals surface area contributed by atoms with Gasteiger partial charge in [0.2, 0.25) is 0 Å². The fourth-order valence-electron chi connectivity index (χ4n) is 5.92. The highest BCUT2D eigenvalue weighted by atomic mass is 16.3. The molecule has 0 spiro atoms. The highest BCUT2D eigenvalue weighted by molar-refractivity contribution is 6.27. The van der Waals surface area contributed by atoms with Crippen molar-refractivity contribution in [3.63, 3.8) is 0 Å². The second-order valence-electron chi connectivity index (χ2n) is 9.29. The third-order valence-electron chi connectivity index (χ3n) is 7.43. The molecule has 35 heavy (non-hydrogen) atoms. The Labute approximate surface area is 202 Å². The van der Waals surface area contributed by atoms with Gasteiger partial charge in [-0.3, -0.25) is 0 Å². The van der Waals surface area contributed by atoms with E-state index in [4.69, 9.17) is 4.42 Å². The van der Waals surface area contributed by atoms with Gasteiger partial charge in [0.1, 0.15) is 11.2 Å². The minimum Gasteiger partial charge on any atom is -0.456 e. The van der Waals surface area contributed by atoms with Gasteiger partial charge in [-0.1, -0.05) is 109 Å². The molecule has 0 unspecified atom stereocenters. The van der Waals surface area contributed by atoms with Crippen LogP contribution in [0.15, 0.2) is 126 Å². The largest absolute Gasteiger partial charge is 0.456 e. The Morgan fingerprint density at radius 3 is 1.71 bits per heavy atom. The number of benzene rings is 7. The van der Waals surface area contributed by atoms with E-state index in [9.17, 15) is 0 Å². The van der Waals surface area contributed by atoms with Gasteiger partial charge < -0.3 is 4.42 Å². The molecule has 0 aliphatic heterocycles. The van der Waals surface area contributed by atoms with E-state index in [0.717, 1.165) is 11.2 Å². The summed E-state index contributed by atoms with van der Waals surface area (Å²) in [5, 5.41) is 10.2. The van der Waals surface area contributed by atoms with Crippen LogP contribution in [0.3, 0.4) is 0 Å². The maximum atomic E-state index is 6.40. The Kier molecular flexibility index (Phi) is 3.72. The summed E-state index contributed by atoms with van der Waals surface area (Å²) in [6.45, 7) is 0. The third kappa shape index (κ3) is 2.58. The van der Waals surface area contributed by atoms with Crippen LogP contribution in [0.5, 0.6) is 0 Å². The molecule has 162 valence electrons. The molecule has 0 bridgehead atoms. The molecule has 0 N–H and O–H groups in total. The predicted octanol–water partition coefficient (Wildman–Crippen LogP) is 9.82. The monoisotopic (exact) mass is 444 g/mol. The van der Waals surface area contributed by atoms with E-state index in [2.05, 4.69) is 121 Å².